The minimum atomic E-state index is 0.123. The van der Waals surface area contributed by atoms with Gasteiger partial charge < -0.3 is 14.2 Å². The Morgan fingerprint density at radius 1 is 1.19 bits per heavy atom. The fourth-order valence-electron chi connectivity index (χ4n) is 4.32. The molecule has 1 aromatic heterocycles. The molecule has 2 heterocycles. The number of ether oxygens (including phenoxy) is 1. The van der Waals surface area contributed by atoms with Gasteiger partial charge in [-0.25, -0.2) is 0 Å². The minimum Gasteiger partial charge on any atom is -0.497 e. The lowest BCUT2D eigenvalue weighted by molar-refractivity contribution is 0.101. The molecule has 0 bridgehead atoms. The van der Waals surface area contributed by atoms with Crippen LogP contribution >= 0.6 is 0 Å². The van der Waals surface area contributed by atoms with Gasteiger partial charge in [-0.2, -0.15) is 0 Å². The third-order valence-corrected chi connectivity index (χ3v) is 6.02. The van der Waals surface area contributed by atoms with Crippen LogP contribution in [0, 0.1) is 5.92 Å². The number of hydrogen-bond acceptors (Lipinski definition) is 3. The van der Waals surface area contributed by atoms with Gasteiger partial charge in [-0.1, -0.05) is 26.2 Å². The van der Waals surface area contributed by atoms with Gasteiger partial charge in [0.25, 0.3) is 0 Å². The van der Waals surface area contributed by atoms with Gasteiger partial charge in [-0.05, 0) is 63.9 Å². The summed E-state index contributed by atoms with van der Waals surface area (Å²) in [7, 11) is 1.68. The van der Waals surface area contributed by atoms with E-state index in [9.17, 15) is 4.79 Å². The number of unbranched alkanes of at least 4 members (excludes halogenated alkanes) is 1. The number of piperidine rings is 1. The molecule has 0 radical (unpaired) electrons. The zero-order valence-corrected chi connectivity index (χ0v) is 17.2. The number of fused-ring (bicyclic) bond motifs is 1. The summed E-state index contributed by atoms with van der Waals surface area (Å²) in [5, 5.41) is 1.03. The summed E-state index contributed by atoms with van der Waals surface area (Å²) >= 11 is 0. The maximum Gasteiger partial charge on any atom is 0.161 e. The molecular formula is C23H34N2O2. The molecule has 0 spiro atoms. The molecule has 1 aromatic carbocycles. The monoisotopic (exact) mass is 370 g/mol. The molecule has 2 aromatic rings. The van der Waals surface area contributed by atoms with Crippen molar-refractivity contribution in [3.63, 3.8) is 0 Å². The summed E-state index contributed by atoms with van der Waals surface area (Å²) in [5.41, 5.74) is 1.90. The highest BCUT2D eigenvalue weighted by Gasteiger charge is 2.18. The summed E-state index contributed by atoms with van der Waals surface area (Å²) in [4.78, 5) is 14.6. The number of aryl methyl sites for hydroxylation is 1. The maximum atomic E-state index is 12.0. The van der Waals surface area contributed by atoms with Crippen molar-refractivity contribution in [2.45, 2.75) is 58.9 Å². The molecule has 27 heavy (non-hydrogen) atoms. The van der Waals surface area contributed by atoms with Crippen molar-refractivity contribution in [1.82, 2.24) is 9.47 Å². The summed E-state index contributed by atoms with van der Waals surface area (Å²) in [6, 6.07) is 5.98. The Morgan fingerprint density at radius 3 is 2.63 bits per heavy atom. The predicted octanol–water partition coefficient (Wildman–Crippen LogP) is 5.14. The molecular weight excluding hydrogens is 336 g/mol. The van der Waals surface area contributed by atoms with E-state index in [0.29, 0.717) is 0 Å². The van der Waals surface area contributed by atoms with Crippen molar-refractivity contribution in [3.05, 3.63) is 30.0 Å². The largest absolute Gasteiger partial charge is 0.497 e. The van der Waals surface area contributed by atoms with Crippen LogP contribution in [0.2, 0.25) is 0 Å². The standard InChI is InChI=1S/C23H34N2O2/c1-4-5-7-19-10-14-24(15-11-19)12-6-13-25-17-22(18(2)26)21-9-8-20(27-3)16-23(21)25/h8-9,16-17,19H,4-7,10-15H2,1-3H3. The van der Waals surface area contributed by atoms with Crippen molar-refractivity contribution >= 4 is 16.7 Å². The van der Waals surface area contributed by atoms with Gasteiger partial charge in [-0.3, -0.25) is 4.79 Å². The van der Waals surface area contributed by atoms with Crippen LogP contribution in [0.3, 0.4) is 0 Å². The molecule has 0 aliphatic carbocycles. The number of carbonyl (C=O) groups is 1. The van der Waals surface area contributed by atoms with Gasteiger partial charge >= 0.3 is 0 Å². The summed E-state index contributed by atoms with van der Waals surface area (Å²) in [6.45, 7) is 8.49. The molecule has 0 atom stereocenters. The van der Waals surface area contributed by atoms with Gasteiger partial charge in [-0.15, -0.1) is 0 Å². The lowest BCUT2D eigenvalue weighted by atomic mass is 9.91. The number of rotatable bonds is 9. The van der Waals surface area contributed by atoms with Crippen molar-refractivity contribution in [2.24, 2.45) is 5.92 Å². The predicted molar refractivity (Wildman–Crippen MR) is 112 cm³/mol. The Bertz CT molecular complexity index is 757. The van der Waals surface area contributed by atoms with Crippen LogP contribution in [0.5, 0.6) is 5.75 Å². The van der Waals surface area contributed by atoms with E-state index in [4.69, 9.17) is 4.74 Å². The molecule has 1 saturated heterocycles. The van der Waals surface area contributed by atoms with E-state index < -0.39 is 0 Å². The first-order valence-electron chi connectivity index (χ1n) is 10.5. The van der Waals surface area contributed by atoms with Gasteiger partial charge in [0.2, 0.25) is 0 Å². The van der Waals surface area contributed by atoms with E-state index >= 15 is 0 Å². The average Bonchev–Trinajstić information content (AvgIpc) is 3.05. The SMILES string of the molecule is CCCCC1CCN(CCCn2cc(C(C)=O)c3ccc(OC)cc32)CC1. The molecule has 0 amide bonds. The fraction of sp³-hybridized carbons (Fsp3) is 0.609. The molecule has 1 fully saturated rings. The highest BCUT2D eigenvalue weighted by Crippen LogP contribution is 2.27. The minimum absolute atomic E-state index is 0.123. The summed E-state index contributed by atoms with van der Waals surface area (Å²) < 4.78 is 7.60. The number of hydrogen-bond donors (Lipinski definition) is 0. The molecule has 4 nitrogen and oxygen atoms in total. The maximum absolute atomic E-state index is 12.0. The Labute approximate surface area is 163 Å². The van der Waals surface area contributed by atoms with Gasteiger partial charge in [0.05, 0.1) is 12.6 Å². The smallest absolute Gasteiger partial charge is 0.161 e. The van der Waals surface area contributed by atoms with E-state index in [1.807, 2.05) is 24.4 Å². The van der Waals surface area contributed by atoms with Crippen LogP contribution < -0.4 is 4.74 Å². The Hall–Kier alpha value is -1.81. The van der Waals surface area contributed by atoms with Crippen LogP contribution in [0.15, 0.2) is 24.4 Å². The molecule has 148 valence electrons. The summed E-state index contributed by atoms with van der Waals surface area (Å²) in [5.74, 6) is 1.91. The number of Topliss-reactive ketones (excluding diaryl/α,β-unsaturated/α-hetero) is 1. The molecule has 1 aliphatic rings. The number of carbonyl (C=O) groups excluding carboxylic acids is 1. The van der Waals surface area contributed by atoms with Crippen LogP contribution in [0.1, 0.15) is 62.7 Å². The van der Waals surface area contributed by atoms with E-state index in [2.05, 4.69) is 16.4 Å². The highest BCUT2D eigenvalue weighted by molar-refractivity contribution is 6.07. The topological polar surface area (TPSA) is 34.5 Å². The zero-order chi connectivity index (χ0) is 19.2. The number of aromatic nitrogens is 1. The second kappa shape index (κ2) is 9.41. The molecule has 0 N–H and O–H groups in total. The van der Waals surface area contributed by atoms with Crippen LogP contribution in [-0.2, 0) is 6.54 Å². The van der Waals surface area contributed by atoms with Crippen molar-refractivity contribution in [2.75, 3.05) is 26.7 Å². The van der Waals surface area contributed by atoms with Crippen LogP contribution in [0.4, 0.5) is 0 Å². The Kier molecular flexibility index (Phi) is 6.95. The summed E-state index contributed by atoms with van der Waals surface area (Å²) in [6.07, 6.45) is 9.96. The Balaban J connectivity index is 1.58. The molecule has 4 heteroatoms. The fourth-order valence-corrected chi connectivity index (χ4v) is 4.32. The molecule has 0 unspecified atom stereocenters. The van der Waals surface area contributed by atoms with Crippen molar-refractivity contribution < 1.29 is 9.53 Å². The molecule has 3 rings (SSSR count). The second-order valence-electron chi connectivity index (χ2n) is 7.96. The normalized spacial score (nSPS) is 16.1. The van der Waals surface area contributed by atoms with E-state index in [-0.39, 0.29) is 5.78 Å². The van der Waals surface area contributed by atoms with Gasteiger partial charge in [0.1, 0.15) is 5.75 Å². The highest BCUT2D eigenvalue weighted by atomic mass is 16.5. The average molecular weight is 371 g/mol. The molecule has 1 aliphatic heterocycles. The third kappa shape index (κ3) is 4.92. The lowest BCUT2D eigenvalue weighted by Crippen LogP contribution is -2.34. The quantitative estimate of drug-likeness (QED) is 0.573. The number of ketones is 1. The Morgan fingerprint density at radius 2 is 1.96 bits per heavy atom. The number of nitrogens with zero attached hydrogens (tertiary/aromatic N) is 2. The number of benzene rings is 1. The van der Waals surface area contributed by atoms with Gasteiger partial charge in [0, 0.05) is 29.8 Å². The number of likely N-dealkylation sites (tertiary alicyclic amines) is 1. The van der Waals surface area contributed by atoms with E-state index in [1.165, 1.54) is 45.2 Å². The molecule has 0 saturated carbocycles. The van der Waals surface area contributed by atoms with E-state index in [0.717, 1.165) is 47.6 Å². The van der Waals surface area contributed by atoms with Crippen molar-refractivity contribution in [1.29, 1.82) is 0 Å². The van der Waals surface area contributed by atoms with Crippen molar-refractivity contribution in [3.8, 4) is 5.75 Å². The second-order valence-corrected chi connectivity index (χ2v) is 7.96. The zero-order valence-electron chi connectivity index (χ0n) is 17.2. The van der Waals surface area contributed by atoms with Gasteiger partial charge in [0.15, 0.2) is 5.78 Å². The van der Waals surface area contributed by atoms with E-state index in [1.54, 1.807) is 14.0 Å². The lowest BCUT2D eigenvalue weighted by Gasteiger charge is -2.32. The third-order valence-electron chi connectivity index (χ3n) is 6.02. The first kappa shape index (κ1) is 19.9. The van der Waals surface area contributed by atoms with Crippen LogP contribution in [-0.4, -0.2) is 42.0 Å². The first-order chi connectivity index (χ1) is 13.1. The first-order valence-corrected chi connectivity index (χ1v) is 10.5. The van der Waals surface area contributed by atoms with Crippen LogP contribution in [0.25, 0.3) is 10.9 Å². The number of methoxy groups -OCH3 is 1.